The Balaban J connectivity index is 2.82. The Morgan fingerprint density at radius 3 is 2.67 bits per heavy atom. The average Bonchev–Trinajstić information content (AvgIpc) is 2.17. The summed E-state index contributed by atoms with van der Waals surface area (Å²) in [5, 5.41) is 0. The van der Waals surface area contributed by atoms with Crippen molar-refractivity contribution in [2.45, 2.75) is 39.7 Å². The second-order valence-electron chi connectivity index (χ2n) is 4.04. The van der Waals surface area contributed by atoms with E-state index >= 15 is 0 Å². The van der Waals surface area contributed by atoms with Gasteiger partial charge in [0.1, 0.15) is 0 Å². The van der Waals surface area contributed by atoms with Crippen molar-refractivity contribution in [1.82, 2.24) is 4.98 Å². The van der Waals surface area contributed by atoms with Gasteiger partial charge in [-0.05, 0) is 38.3 Å². The predicted molar refractivity (Wildman–Crippen MR) is 64.7 cm³/mol. The SMILES string of the molecule is C=C(CC)CC(N)c1ccc(C)nc1C. The van der Waals surface area contributed by atoms with Crippen molar-refractivity contribution < 1.29 is 0 Å². The second kappa shape index (κ2) is 5.08. The molecular weight excluding hydrogens is 184 g/mol. The van der Waals surface area contributed by atoms with Crippen molar-refractivity contribution >= 4 is 0 Å². The molecule has 1 atom stereocenters. The minimum atomic E-state index is 0.0329. The zero-order valence-electron chi connectivity index (χ0n) is 9.88. The number of pyridine rings is 1. The van der Waals surface area contributed by atoms with Crippen LogP contribution in [0.4, 0.5) is 0 Å². The normalized spacial score (nSPS) is 12.5. The van der Waals surface area contributed by atoms with Gasteiger partial charge in [0.15, 0.2) is 0 Å². The second-order valence-corrected chi connectivity index (χ2v) is 4.04. The Kier molecular flexibility index (Phi) is 4.04. The lowest BCUT2D eigenvalue weighted by Crippen LogP contribution is -2.13. The summed E-state index contributed by atoms with van der Waals surface area (Å²) in [6.45, 7) is 10.1. The van der Waals surface area contributed by atoms with Gasteiger partial charge in [-0.3, -0.25) is 4.98 Å². The van der Waals surface area contributed by atoms with Crippen molar-refractivity contribution in [3.63, 3.8) is 0 Å². The van der Waals surface area contributed by atoms with E-state index in [9.17, 15) is 0 Å². The van der Waals surface area contributed by atoms with E-state index < -0.39 is 0 Å². The minimum Gasteiger partial charge on any atom is -0.324 e. The molecule has 0 amide bonds. The van der Waals surface area contributed by atoms with Crippen molar-refractivity contribution in [1.29, 1.82) is 0 Å². The molecule has 0 fully saturated rings. The quantitative estimate of drug-likeness (QED) is 0.765. The molecule has 2 heteroatoms. The van der Waals surface area contributed by atoms with Crippen LogP contribution >= 0.6 is 0 Å². The first-order chi connectivity index (χ1) is 7.04. The number of hydrogen-bond acceptors (Lipinski definition) is 2. The molecule has 0 bridgehead atoms. The molecule has 2 N–H and O–H groups in total. The molecule has 0 aromatic carbocycles. The van der Waals surface area contributed by atoms with Crippen LogP contribution < -0.4 is 5.73 Å². The molecule has 1 aromatic heterocycles. The molecule has 1 unspecified atom stereocenters. The molecule has 0 saturated carbocycles. The fourth-order valence-electron chi connectivity index (χ4n) is 1.65. The van der Waals surface area contributed by atoms with E-state index in [4.69, 9.17) is 5.73 Å². The zero-order valence-corrected chi connectivity index (χ0v) is 9.88. The lowest BCUT2D eigenvalue weighted by Gasteiger charge is -2.15. The predicted octanol–water partition coefficient (Wildman–Crippen LogP) is 3.05. The van der Waals surface area contributed by atoms with Gasteiger partial charge in [0, 0.05) is 17.4 Å². The Hall–Kier alpha value is -1.15. The third-order valence-corrected chi connectivity index (χ3v) is 2.67. The van der Waals surface area contributed by atoms with Gasteiger partial charge in [-0.1, -0.05) is 25.1 Å². The van der Waals surface area contributed by atoms with E-state index in [-0.39, 0.29) is 6.04 Å². The molecule has 15 heavy (non-hydrogen) atoms. The topological polar surface area (TPSA) is 38.9 Å². The van der Waals surface area contributed by atoms with E-state index in [1.54, 1.807) is 0 Å². The molecule has 1 rings (SSSR count). The van der Waals surface area contributed by atoms with Crippen LogP contribution in [0.25, 0.3) is 0 Å². The highest BCUT2D eigenvalue weighted by molar-refractivity contribution is 5.26. The van der Waals surface area contributed by atoms with Crippen molar-refractivity contribution in [2.24, 2.45) is 5.73 Å². The van der Waals surface area contributed by atoms with E-state index in [0.29, 0.717) is 0 Å². The maximum Gasteiger partial charge on any atom is 0.0423 e. The minimum absolute atomic E-state index is 0.0329. The van der Waals surface area contributed by atoms with Gasteiger partial charge in [0.25, 0.3) is 0 Å². The standard InChI is InChI=1S/C13H20N2/c1-5-9(2)8-13(14)12-7-6-10(3)15-11(12)4/h6-7,13H,2,5,8,14H2,1,3-4H3. The van der Waals surface area contributed by atoms with E-state index in [1.165, 1.54) is 5.57 Å². The largest absolute Gasteiger partial charge is 0.324 e. The Morgan fingerprint density at radius 2 is 2.13 bits per heavy atom. The fourth-order valence-corrected chi connectivity index (χ4v) is 1.65. The highest BCUT2D eigenvalue weighted by Crippen LogP contribution is 2.21. The van der Waals surface area contributed by atoms with Crippen LogP contribution in [0.3, 0.4) is 0 Å². The molecule has 0 aliphatic carbocycles. The van der Waals surface area contributed by atoms with Gasteiger partial charge in [-0.25, -0.2) is 0 Å². The third-order valence-electron chi connectivity index (χ3n) is 2.67. The van der Waals surface area contributed by atoms with E-state index in [0.717, 1.165) is 29.8 Å². The summed E-state index contributed by atoms with van der Waals surface area (Å²) < 4.78 is 0. The molecule has 0 saturated heterocycles. The van der Waals surface area contributed by atoms with Gasteiger partial charge in [-0.15, -0.1) is 0 Å². The maximum atomic E-state index is 6.12. The zero-order chi connectivity index (χ0) is 11.4. The Bertz CT molecular complexity index is 356. The molecule has 0 spiro atoms. The molecule has 1 heterocycles. The number of rotatable bonds is 4. The van der Waals surface area contributed by atoms with Gasteiger partial charge >= 0.3 is 0 Å². The molecule has 0 radical (unpaired) electrons. The van der Waals surface area contributed by atoms with Gasteiger partial charge in [0.05, 0.1) is 0 Å². The summed E-state index contributed by atoms with van der Waals surface area (Å²) in [5.74, 6) is 0. The Morgan fingerprint density at radius 1 is 1.47 bits per heavy atom. The van der Waals surface area contributed by atoms with Crippen LogP contribution in [0.1, 0.15) is 42.8 Å². The highest BCUT2D eigenvalue weighted by Gasteiger charge is 2.10. The molecular formula is C13H20N2. The molecule has 82 valence electrons. The molecule has 1 aromatic rings. The van der Waals surface area contributed by atoms with Gasteiger partial charge in [-0.2, -0.15) is 0 Å². The summed E-state index contributed by atoms with van der Waals surface area (Å²) >= 11 is 0. The first kappa shape index (κ1) is 11.9. The summed E-state index contributed by atoms with van der Waals surface area (Å²) in [7, 11) is 0. The smallest absolute Gasteiger partial charge is 0.0423 e. The summed E-state index contributed by atoms with van der Waals surface area (Å²) in [6.07, 6.45) is 1.84. The van der Waals surface area contributed by atoms with Gasteiger partial charge in [0.2, 0.25) is 0 Å². The van der Waals surface area contributed by atoms with Crippen LogP contribution in [0.2, 0.25) is 0 Å². The number of hydrogen-bond donors (Lipinski definition) is 1. The maximum absolute atomic E-state index is 6.12. The van der Waals surface area contributed by atoms with Crippen molar-refractivity contribution in [2.75, 3.05) is 0 Å². The van der Waals surface area contributed by atoms with Crippen molar-refractivity contribution in [3.05, 3.63) is 41.2 Å². The summed E-state index contributed by atoms with van der Waals surface area (Å²) in [4.78, 5) is 4.42. The molecule has 0 aliphatic rings. The molecule has 0 aliphatic heterocycles. The monoisotopic (exact) mass is 204 g/mol. The van der Waals surface area contributed by atoms with E-state index in [1.807, 2.05) is 19.9 Å². The van der Waals surface area contributed by atoms with Gasteiger partial charge < -0.3 is 5.73 Å². The summed E-state index contributed by atoms with van der Waals surface area (Å²) in [6, 6.07) is 4.12. The lowest BCUT2D eigenvalue weighted by atomic mass is 9.98. The van der Waals surface area contributed by atoms with Crippen LogP contribution in [-0.4, -0.2) is 4.98 Å². The number of nitrogens with zero attached hydrogens (tertiary/aromatic N) is 1. The Labute approximate surface area is 92.2 Å². The summed E-state index contributed by atoms with van der Waals surface area (Å²) in [5.41, 5.74) is 10.5. The van der Waals surface area contributed by atoms with E-state index in [2.05, 4.69) is 24.6 Å². The number of aromatic nitrogens is 1. The highest BCUT2D eigenvalue weighted by atomic mass is 14.7. The van der Waals surface area contributed by atoms with Crippen LogP contribution in [0.15, 0.2) is 24.3 Å². The number of aryl methyl sites for hydroxylation is 2. The number of nitrogens with two attached hydrogens (primary N) is 1. The first-order valence-electron chi connectivity index (χ1n) is 5.41. The fraction of sp³-hybridized carbons (Fsp3) is 0.462. The average molecular weight is 204 g/mol. The molecule has 2 nitrogen and oxygen atoms in total. The van der Waals surface area contributed by atoms with Crippen molar-refractivity contribution in [3.8, 4) is 0 Å². The van der Waals surface area contributed by atoms with Crippen LogP contribution in [0.5, 0.6) is 0 Å². The van der Waals surface area contributed by atoms with Crippen LogP contribution in [-0.2, 0) is 0 Å². The lowest BCUT2D eigenvalue weighted by molar-refractivity contribution is 0.691. The van der Waals surface area contributed by atoms with Crippen LogP contribution in [0, 0.1) is 13.8 Å². The third kappa shape index (κ3) is 3.17. The first-order valence-corrected chi connectivity index (χ1v) is 5.41.